The molecule has 6 nitrogen and oxygen atoms in total. The summed E-state index contributed by atoms with van der Waals surface area (Å²) in [4.78, 5) is 13.9. The number of benzene rings is 1. The van der Waals surface area contributed by atoms with E-state index in [1.54, 1.807) is 29.3 Å². The van der Waals surface area contributed by atoms with Crippen molar-refractivity contribution >= 4 is 43.4 Å². The van der Waals surface area contributed by atoms with Gasteiger partial charge in [0.15, 0.2) is 0 Å². The fraction of sp³-hybridized carbons (Fsp3) is 0.143. The maximum Gasteiger partial charge on any atom is 0.257 e. The van der Waals surface area contributed by atoms with Gasteiger partial charge in [-0.1, -0.05) is 22.0 Å². The first kappa shape index (κ1) is 15.0. The number of nitrogens with one attached hydrogen (secondary N) is 1. The van der Waals surface area contributed by atoms with Crippen molar-refractivity contribution in [3.8, 4) is 0 Å². The highest BCUT2D eigenvalue weighted by atomic mass is 79.9. The van der Waals surface area contributed by atoms with Crippen molar-refractivity contribution in [1.82, 2.24) is 4.90 Å². The molecule has 0 saturated carbocycles. The van der Waals surface area contributed by atoms with E-state index in [1.807, 2.05) is 12.1 Å². The van der Waals surface area contributed by atoms with Gasteiger partial charge >= 0.3 is 0 Å². The van der Waals surface area contributed by atoms with Crippen molar-refractivity contribution in [3.63, 3.8) is 0 Å². The van der Waals surface area contributed by atoms with Crippen LogP contribution in [-0.4, -0.2) is 37.4 Å². The molecular weight excluding hydrogens is 370 g/mol. The smallest absolute Gasteiger partial charge is 0.257 e. The van der Waals surface area contributed by atoms with E-state index in [4.69, 9.17) is 0 Å². The molecule has 22 heavy (non-hydrogen) atoms. The fourth-order valence-electron chi connectivity index (χ4n) is 2.10. The van der Waals surface area contributed by atoms with Crippen molar-refractivity contribution in [2.75, 3.05) is 17.6 Å². The number of anilines is 1. The number of hydrogen-bond donors (Lipinski definition) is 1. The molecule has 0 unspecified atom stereocenters. The van der Waals surface area contributed by atoms with Crippen LogP contribution in [0.3, 0.4) is 0 Å². The van der Waals surface area contributed by atoms with Gasteiger partial charge in [-0.3, -0.25) is 4.79 Å². The molecule has 114 valence electrons. The first-order chi connectivity index (χ1) is 10.4. The normalized spacial score (nSPS) is 19.0. The van der Waals surface area contributed by atoms with E-state index in [1.165, 1.54) is 6.08 Å². The molecule has 1 aromatic rings. The maximum absolute atomic E-state index is 12.2. The van der Waals surface area contributed by atoms with Crippen LogP contribution in [0.25, 0.3) is 0 Å². The molecule has 1 amide bonds. The summed E-state index contributed by atoms with van der Waals surface area (Å²) in [5, 5.41) is 2.79. The minimum absolute atomic E-state index is 0.0542. The number of amides is 1. The summed E-state index contributed by atoms with van der Waals surface area (Å²) in [6.45, 7) is 0.291. The zero-order valence-electron chi connectivity index (χ0n) is 11.4. The van der Waals surface area contributed by atoms with Crippen molar-refractivity contribution < 1.29 is 13.2 Å². The second-order valence-corrected chi connectivity index (χ2v) is 7.48. The van der Waals surface area contributed by atoms with Crippen molar-refractivity contribution in [2.24, 2.45) is 4.40 Å². The maximum atomic E-state index is 12.2. The Balaban J connectivity index is 1.78. The molecule has 2 aliphatic rings. The molecule has 8 heteroatoms. The van der Waals surface area contributed by atoms with E-state index in [2.05, 4.69) is 25.6 Å². The van der Waals surface area contributed by atoms with Crippen LogP contribution in [-0.2, 0) is 14.8 Å². The number of halogens is 1. The summed E-state index contributed by atoms with van der Waals surface area (Å²) in [6.07, 6.45) is 4.71. The molecule has 2 aliphatic heterocycles. The SMILES string of the molecule is O=C(Nc1cccc(Br)c1)C1=CN2CCS(=O)(=O)N=C2C=C1. The lowest BCUT2D eigenvalue weighted by Gasteiger charge is -2.26. The molecule has 1 aromatic carbocycles. The Morgan fingerprint density at radius 1 is 1.32 bits per heavy atom. The summed E-state index contributed by atoms with van der Waals surface area (Å²) in [5.74, 6) is 0.0218. The van der Waals surface area contributed by atoms with Crippen LogP contribution in [0.1, 0.15) is 0 Å². The Bertz CT molecular complexity index is 827. The van der Waals surface area contributed by atoms with Gasteiger partial charge < -0.3 is 10.2 Å². The third-order valence-electron chi connectivity index (χ3n) is 3.17. The minimum Gasteiger partial charge on any atom is -0.330 e. The van der Waals surface area contributed by atoms with Crippen LogP contribution in [0.4, 0.5) is 5.69 Å². The predicted molar refractivity (Wildman–Crippen MR) is 87.9 cm³/mol. The van der Waals surface area contributed by atoms with Gasteiger partial charge in [-0.15, -0.1) is 4.40 Å². The zero-order valence-corrected chi connectivity index (χ0v) is 13.8. The molecule has 1 N–H and O–H groups in total. The minimum atomic E-state index is -3.38. The summed E-state index contributed by atoms with van der Waals surface area (Å²) >= 11 is 3.34. The van der Waals surface area contributed by atoms with E-state index in [0.29, 0.717) is 23.6 Å². The van der Waals surface area contributed by atoms with E-state index in [-0.39, 0.29) is 11.7 Å². The average molecular weight is 382 g/mol. The molecule has 3 rings (SSSR count). The van der Waals surface area contributed by atoms with Crippen LogP contribution in [0.15, 0.2) is 57.1 Å². The van der Waals surface area contributed by atoms with Gasteiger partial charge in [0, 0.05) is 22.9 Å². The number of rotatable bonds is 2. The van der Waals surface area contributed by atoms with Crippen molar-refractivity contribution in [3.05, 3.63) is 52.7 Å². The van der Waals surface area contributed by atoms with Gasteiger partial charge in [0.25, 0.3) is 15.9 Å². The third kappa shape index (κ3) is 3.28. The number of nitrogens with zero attached hydrogens (tertiary/aromatic N) is 2. The number of carbonyl (C=O) groups is 1. The van der Waals surface area contributed by atoms with Gasteiger partial charge in [0.2, 0.25) is 0 Å². The van der Waals surface area contributed by atoms with E-state index in [9.17, 15) is 13.2 Å². The van der Waals surface area contributed by atoms with E-state index < -0.39 is 10.0 Å². The van der Waals surface area contributed by atoms with Gasteiger partial charge in [-0.05, 0) is 30.4 Å². The lowest BCUT2D eigenvalue weighted by atomic mass is 10.1. The van der Waals surface area contributed by atoms with Gasteiger partial charge in [-0.2, -0.15) is 0 Å². The van der Waals surface area contributed by atoms with E-state index >= 15 is 0 Å². The highest BCUT2D eigenvalue weighted by Crippen LogP contribution is 2.19. The standard InChI is InChI=1S/C14H12BrN3O3S/c15-11-2-1-3-12(8-11)16-14(19)10-4-5-13-17-22(20,21)7-6-18(13)9-10/h1-5,8-9H,6-7H2,(H,16,19). The predicted octanol–water partition coefficient (Wildman–Crippen LogP) is 1.89. The molecular formula is C14H12BrN3O3S. The zero-order chi connectivity index (χ0) is 15.7. The van der Waals surface area contributed by atoms with Crippen LogP contribution >= 0.6 is 15.9 Å². The largest absolute Gasteiger partial charge is 0.330 e. The third-order valence-corrected chi connectivity index (χ3v) is 4.83. The van der Waals surface area contributed by atoms with Crippen LogP contribution in [0.2, 0.25) is 0 Å². The Labute approximate surface area is 136 Å². The van der Waals surface area contributed by atoms with Crippen LogP contribution < -0.4 is 5.32 Å². The average Bonchev–Trinajstić information content (AvgIpc) is 2.46. The molecule has 0 fully saturated rings. The Kier molecular flexibility index (Phi) is 3.88. The van der Waals surface area contributed by atoms with Crippen molar-refractivity contribution in [1.29, 1.82) is 0 Å². The Morgan fingerprint density at radius 3 is 2.91 bits per heavy atom. The number of sulfonamides is 1. The molecule has 0 aliphatic carbocycles. The number of hydrogen-bond acceptors (Lipinski definition) is 4. The molecule has 2 heterocycles. The van der Waals surface area contributed by atoms with Crippen molar-refractivity contribution in [2.45, 2.75) is 0 Å². The molecule has 0 spiro atoms. The lowest BCUT2D eigenvalue weighted by Crippen LogP contribution is -2.37. The fourth-order valence-corrected chi connectivity index (χ4v) is 3.47. The summed E-state index contributed by atoms with van der Waals surface area (Å²) in [6, 6.07) is 7.28. The quantitative estimate of drug-likeness (QED) is 0.847. The highest BCUT2D eigenvalue weighted by molar-refractivity contribution is 9.10. The second-order valence-electron chi connectivity index (χ2n) is 4.81. The first-order valence-electron chi connectivity index (χ1n) is 6.49. The highest BCUT2D eigenvalue weighted by Gasteiger charge is 2.24. The molecule has 0 atom stereocenters. The van der Waals surface area contributed by atoms with Gasteiger partial charge in [0.05, 0.1) is 11.3 Å². The molecule has 0 saturated heterocycles. The number of carbonyl (C=O) groups excluding carboxylic acids is 1. The molecule has 0 bridgehead atoms. The number of amidine groups is 1. The van der Waals surface area contributed by atoms with E-state index in [0.717, 1.165) is 4.47 Å². The Hall–Kier alpha value is -1.93. The van der Waals surface area contributed by atoms with Crippen LogP contribution in [0.5, 0.6) is 0 Å². The topological polar surface area (TPSA) is 78.8 Å². The Morgan fingerprint density at radius 2 is 2.14 bits per heavy atom. The summed E-state index contributed by atoms with van der Waals surface area (Å²) in [5.41, 5.74) is 1.12. The van der Waals surface area contributed by atoms with Crippen LogP contribution in [0, 0.1) is 0 Å². The summed E-state index contributed by atoms with van der Waals surface area (Å²) in [7, 11) is -3.38. The molecule has 0 radical (unpaired) electrons. The van der Waals surface area contributed by atoms with Gasteiger partial charge in [-0.25, -0.2) is 8.42 Å². The summed E-state index contributed by atoms with van der Waals surface area (Å²) < 4.78 is 27.4. The first-order valence-corrected chi connectivity index (χ1v) is 8.89. The second kappa shape index (κ2) is 5.69. The van der Waals surface area contributed by atoms with Gasteiger partial charge in [0.1, 0.15) is 5.84 Å². The monoisotopic (exact) mass is 381 g/mol. The lowest BCUT2D eigenvalue weighted by molar-refractivity contribution is -0.112. The molecule has 0 aromatic heterocycles. The number of fused-ring (bicyclic) bond motifs is 1.